The van der Waals surface area contributed by atoms with Crippen LogP contribution in [0, 0.1) is 6.92 Å². The van der Waals surface area contributed by atoms with Crippen molar-refractivity contribution in [1.82, 2.24) is 9.78 Å². The van der Waals surface area contributed by atoms with Gasteiger partial charge in [0.25, 0.3) is 0 Å². The third-order valence-electron chi connectivity index (χ3n) is 3.46. The molecule has 0 radical (unpaired) electrons. The molecular formula is C15H15ClN2O2. The van der Waals surface area contributed by atoms with Crippen LogP contribution >= 0.6 is 11.6 Å². The highest BCUT2D eigenvalue weighted by molar-refractivity contribution is 6.30. The molecule has 3 rings (SSSR count). The number of hydrogen-bond acceptors (Lipinski definition) is 3. The van der Waals surface area contributed by atoms with Gasteiger partial charge in [-0.25, -0.2) is 0 Å². The Morgan fingerprint density at radius 3 is 2.95 bits per heavy atom. The molecule has 5 heteroatoms. The third kappa shape index (κ3) is 2.31. The van der Waals surface area contributed by atoms with Crippen molar-refractivity contribution in [1.29, 1.82) is 0 Å². The van der Waals surface area contributed by atoms with Crippen LogP contribution in [0.1, 0.15) is 27.3 Å². The van der Waals surface area contributed by atoms with Gasteiger partial charge >= 0.3 is 0 Å². The number of hydrogen-bond donors (Lipinski definition) is 0. The summed E-state index contributed by atoms with van der Waals surface area (Å²) in [6.45, 7) is 2.53. The second-order valence-electron chi connectivity index (χ2n) is 5.05. The molecule has 0 atom stereocenters. The average Bonchev–Trinajstić information content (AvgIpc) is 2.95. The minimum absolute atomic E-state index is 0.0214. The van der Waals surface area contributed by atoms with E-state index in [0.717, 1.165) is 29.0 Å². The molecule has 0 N–H and O–H groups in total. The molecule has 4 nitrogen and oxygen atoms in total. The molecule has 0 unspecified atom stereocenters. The van der Waals surface area contributed by atoms with Crippen molar-refractivity contribution >= 4 is 17.4 Å². The number of ether oxygens (including phenoxy) is 1. The summed E-state index contributed by atoms with van der Waals surface area (Å²) in [5.74, 6) is 0.842. The highest BCUT2D eigenvalue weighted by Gasteiger charge is 2.21. The summed E-state index contributed by atoms with van der Waals surface area (Å²) >= 11 is 6.11. The quantitative estimate of drug-likeness (QED) is 0.817. The Kier molecular flexibility index (Phi) is 3.26. The van der Waals surface area contributed by atoms with Gasteiger partial charge in [0.15, 0.2) is 5.78 Å². The van der Waals surface area contributed by atoms with Crippen molar-refractivity contribution < 1.29 is 9.53 Å². The average molecular weight is 291 g/mol. The maximum absolute atomic E-state index is 12.4. The number of ketones is 1. The number of aromatic nitrogens is 2. The molecule has 1 aliphatic heterocycles. The number of Topliss-reactive ketones (excluding diaryl/α,β-unsaturated/α-hetero) is 1. The van der Waals surface area contributed by atoms with Crippen LogP contribution < -0.4 is 4.74 Å². The number of aryl methyl sites for hydroxylation is 2. The zero-order chi connectivity index (χ0) is 14.3. The van der Waals surface area contributed by atoms with Crippen LogP contribution in [-0.2, 0) is 19.9 Å². The number of carbonyl (C=O) groups excluding carboxylic acids is 1. The summed E-state index contributed by atoms with van der Waals surface area (Å²) in [5, 5.41) is 4.85. The first-order valence-corrected chi connectivity index (χ1v) is 6.90. The lowest BCUT2D eigenvalue weighted by molar-refractivity contribution is 0.0983. The van der Waals surface area contributed by atoms with Crippen molar-refractivity contribution in [2.24, 2.45) is 7.05 Å². The molecule has 2 aromatic rings. The highest BCUT2D eigenvalue weighted by atomic mass is 35.5. The maximum atomic E-state index is 12.4. The molecule has 0 saturated heterocycles. The van der Waals surface area contributed by atoms with Gasteiger partial charge < -0.3 is 4.74 Å². The normalized spacial score (nSPS) is 13.2. The molecule has 1 aromatic carbocycles. The van der Waals surface area contributed by atoms with E-state index in [1.807, 2.05) is 19.1 Å². The van der Waals surface area contributed by atoms with Gasteiger partial charge in [0.2, 0.25) is 0 Å². The van der Waals surface area contributed by atoms with Crippen LogP contribution in [0.3, 0.4) is 0 Å². The summed E-state index contributed by atoms with van der Waals surface area (Å²) in [5.41, 5.74) is 3.38. The summed E-state index contributed by atoms with van der Waals surface area (Å²) < 4.78 is 7.24. The van der Waals surface area contributed by atoms with Crippen molar-refractivity contribution in [3.8, 4) is 5.75 Å². The van der Waals surface area contributed by atoms with Crippen LogP contribution in [0.2, 0.25) is 5.02 Å². The van der Waals surface area contributed by atoms with Crippen LogP contribution in [0.5, 0.6) is 5.75 Å². The molecule has 0 bridgehead atoms. The topological polar surface area (TPSA) is 44.1 Å². The van der Waals surface area contributed by atoms with E-state index in [2.05, 4.69) is 5.10 Å². The minimum Gasteiger partial charge on any atom is -0.493 e. The Morgan fingerprint density at radius 2 is 2.25 bits per heavy atom. The molecular weight excluding hydrogens is 276 g/mol. The molecule has 1 aromatic heterocycles. The van der Waals surface area contributed by atoms with Gasteiger partial charge in [0.1, 0.15) is 11.4 Å². The van der Waals surface area contributed by atoms with E-state index in [4.69, 9.17) is 16.3 Å². The predicted octanol–water partition coefficient (Wildman–Crippen LogP) is 2.74. The van der Waals surface area contributed by atoms with Crippen LogP contribution in [0.15, 0.2) is 18.2 Å². The fourth-order valence-corrected chi connectivity index (χ4v) is 2.88. The van der Waals surface area contributed by atoms with E-state index >= 15 is 0 Å². The molecule has 0 spiro atoms. The number of halogens is 1. The molecule has 0 aliphatic carbocycles. The second kappa shape index (κ2) is 4.94. The molecule has 2 heterocycles. The maximum Gasteiger partial charge on any atom is 0.185 e. The van der Waals surface area contributed by atoms with Gasteiger partial charge in [-0.15, -0.1) is 0 Å². The summed E-state index contributed by atoms with van der Waals surface area (Å²) in [7, 11) is 1.78. The van der Waals surface area contributed by atoms with E-state index in [0.29, 0.717) is 17.3 Å². The number of fused-ring (bicyclic) bond motifs is 1. The Morgan fingerprint density at radius 1 is 1.45 bits per heavy atom. The first kappa shape index (κ1) is 13.2. The van der Waals surface area contributed by atoms with Gasteiger partial charge in [0, 0.05) is 30.5 Å². The third-order valence-corrected chi connectivity index (χ3v) is 3.68. The van der Waals surface area contributed by atoms with E-state index in [9.17, 15) is 4.79 Å². The molecule has 20 heavy (non-hydrogen) atoms. The number of nitrogens with zero attached hydrogens (tertiary/aromatic N) is 2. The minimum atomic E-state index is 0.0214. The Bertz CT molecular complexity index is 691. The zero-order valence-electron chi connectivity index (χ0n) is 11.4. The largest absolute Gasteiger partial charge is 0.493 e. The number of carbonyl (C=O) groups is 1. The van der Waals surface area contributed by atoms with Gasteiger partial charge in [-0.05, 0) is 30.7 Å². The second-order valence-corrected chi connectivity index (χ2v) is 5.48. The van der Waals surface area contributed by atoms with Crippen molar-refractivity contribution in [2.45, 2.75) is 19.8 Å². The highest BCUT2D eigenvalue weighted by Crippen LogP contribution is 2.33. The summed E-state index contributed by atoms with van der Waals surface area (Å²) in [6.07, 6.45) is 1.13. The lowest BCUT2D eigenvalue weighted by atomic mass is 10.0. The van der Waals surface area contributed by atoms with Gasteiger partial charge in [0.05, 0.1) is 12.3 Å². The van der Waals surface area contributed by atoms with Crippen molar-refractivity contribution in [3.05, 3.63) is 45.7 Å². The van der Waals surface area contributed by atoms with Crippen LogP contribution in [0.25, 0.3) is 0 Å². The lowest BCUT2D eigenvalue weighted by Gasteiger charge is -2.08. The van der Waals surface area contributed by atoms with Crippen molar-refractivity contribution in [3.63, 3.8) is 0 Å². The number of rotatable bonds is 3. The van der Waals surface area contributed by atoms with Gasteiger partial charge in [-0.2, -0.15) is 5.10 Å². The Labute approximate surface area is 122 Å². The van der Waals surface area contributed by atoms with Crippen LogP contribution in [-0.4, -0.2) is 22.2 Å². The standard InChI is InChI=1S/C15H15ClN2O2/c1-9-5-13(18(2)17-9)14(19)8-11-7-12(16)6-10-3-4-20-15(10)11/h5-7H,3-4,8H2,1-2H3. The molecule has 104 valence electrons. The van der Waals surface area contributed by atoms with E-state index < -0.39 is 0 Å². The number of benzene rings is 1. The van der Waals surface area contributed by atoms with E-state index in [-0.39, 0.29) is 12.2 Å². The van der Waals surface area contributed by atoms with E-state index in [1.54, 1.807) is 17.8 Å². The monoisotopic (exact) mass is 290 g/mol. The first-order valence-electron chi connectivity index (χ1n) is 6.52. The Balaban J connectivity index is 1.92. The van der Waals surface area contributed by atoms with Crippen LogP contribution in [0.4, 0.5) is 0 Å². The smallest absolute Gasteiger partial charge is 0.185 e. The van der Waals surface area contributed by atoms with Gasteiger partial charge in [-0.1, -0.05) is 11.6 Å². The molecule has 1 aliphatic rings. The Hall–Kier alpha value is -1.81. The van der Waals surface area contributed by atoms with Gasteiger partial charge in [-0.3, -0.25) is 9.48 Å². The summed E-state index contributed by atoms with van der Waals surface area (Å²) in [6, 6.07) is 5.52. The van der Waals surface area contributed by atoms with Crippen molar-refractivity contribution in [2.75, 3.05) is 6.61 Å². The summed E-state index contributed by atoms with van der Waals surface area (Å²) in [4.78, 5) is 12.4. The predicted molar refractivity (Wildman–Crippen MR) is 76.6 cm³/mol. The first-order chi connectivity index (χ1) is 9.54. The zero-order valence-corrected chi connectivity index (χ0v) is 12.2. The SMILES string of the molecule is Cc1cc(C(=O)Cc2cc(Cl)cc3c2OCC3)n(C)n1. The fraction of sp³-hybridized carbons (Fsp3) is 0.333. The van der Waals surface area contributed by atoms with E-state index in [1.165, 1.54) is 0 Å². The molecule has 0 fully saturated rings. The molecule has 0 amide bonds. The molecule has 0 saturated carbocycles. The fourth-order valence-electron chi connectivity index (χ4n) is 2.61. The lowest BCUT2D eigenvalue weighted by Crippen LogP contribution is -2.10.